The number of nitrogens with one attached hydrogen (secondary N) is 1. The van der Waals surface area contributed by atoms with Gasteiger partial charge in [0, 0.05) is 6.07 Å². The Kier molecular flexibility index (Phi) is 4.46. The van der Waals surface area contributed by atoms with Crippen molar-refractivity contribution in [3.8, 4) is 0 Å². The van der Waals surface area contributed by atoms with Crippen LogP contribution in [-0.2, 0) is 5.54 Å². The van der Waals surface area contributed by atoms with E-state index in [0.29, 0.717) is 16.8 Å². The zero-order valence-corrected chi connectivity index (χ0v) is 12.3. The van der Waals surface area contributed by atoms with Crippen LogP contribution in [0.2, 0.25) is 0 Å². The number of aliphatic hydroxyl groups excluding tert-OH is 1. The molecule has 0 fully saturated rings. The van der Waals surface area contributed by atoms with E-state index in [1.165, 1.54) is 11.8 Å². The van der Waals surface area contributed by atoms with Gasteiger partial charge in [-0.25, -0.2) is 9.97 Å². The zero-order valence-electron chi connectivity index (χ0n) is 11.5. The Morgan fingerprint density at radius 1 is 1.30 bits per heavy atom. The average molecular weight is 290 g/mol. The van der Waals surface area contributed by atoms with Gasteiger partial charge in [0.05, 0.1) is 12.1 Å². The summed E-state index contributed by atoms with van der Waals surface area (Å²) in [4.78, 5) is 8.47. The highest BCUT2D eigenvalue weighted by Gasteiger charge is 2.26. The Labute approximate surface area is 122 Å². The van der Waals surface area contributed by atoms with E-state index >= 15 is 0 Å². The topological polar surface area (TPSA) is 84.1 Å². The maximum Gasteiger partial charge on any atom is 0.191 e. The Balaban J connectivity index is 2.33. The predicted octanol–water partition coefficient (Wildman–Crippen LogP) is 2.10. The van der Waals surface area contributed by atoms with Crippen molar-refractivity contribution in [2.75, 3.05) is 23.9 Å². The molecule has 5 nitrogen and oxygen atoms in total. The molecule has 1 unspecified atom stereocenters. The number of anilines is 2. The van der Waals surface area contributed by atoms with Gasteiger partial charge in [0.15, 0.2) is 5.16 Å². The minimum absolute atomic E-state index is 0.0600. The van der Waals surface area contributed by atoms with Gasteiger partial charge < -0.3 is 16.2 Å². The summed E-state index contributed by atoms with van der Waals surface area (Å²) in [6, 6.07) is 11.4. The van der Waals surface area contributed by atoms with Crippen molar-refractivity contribution in [2.24, 2.45) is 0 Å². The SMILES string of the molecule is CSc1nc(N)cc(NC(C)(CO)c2ccccc2)n1. The van der Waals surface area contributed by atoms with E-state index in [9.17, 15) is 5.11 Å². The van der Waals surface area contributed by atoms with E-state index in [0.717, 1.165) is 5.56 Å². The summed E-state index contributed by atoms with van der Waals surface area (Å²) in [5, 5.41) is 13.6. The number of aliphatic hydroxyl groups is 1. The molecule has 2 rings (SSSR count). The van der Waals surface area contributed by atoms with Crippen LogP contribution < -0.4 is 11.1 Å². The number of aromatic nitrogens is 2. The molecule has 0 bridgehead atoms. The minimum Gasteiger partial charge on any atom is -0.394 e. The van der Waals surface area contributed by atoms with Crippen LogP contribution in [0.4, 0.5) is 11.6 Å². The second kappa shape index (κ2) is 6.11. The molecule has 1 aromatic carbocycles. The first-order valence-electron chi connectivity index (χ1n) is 6.20. The lowest BCUT2D eigenvalue weighted by Crippen LogP contribution is -2.36. The lowest BCUT2D eigenvalue weighted by atomic mass is 9.93. The third-order valence-electron chi connectivity index (χ3n) is 3.04. The lowest BCUT2D eigenvalue weighted by molar-refractivity contribution is 0.223. The van der Waals surface area contributed by atoms with Gasteiger partial charge in [-0.3, -0.25) is 0 Å². The Morgan fingerprint density at radius 2 is 2.00 bits per heavy atom. The number of hydrogen-bond donors (Lipinski definition) is 3. The Bertz CT molecular complexity index is 579. The number of nitrogens with two attached hydrogens (primary N) is 1. The number of rotatable bonds is 5. The quantitative estimate of drug-likeness (QED) is 0.578. The molecular weight excluding hydrogens is 272 g/mol. The van der Waals surface area contributed by atoms with Crippen molar-refractivity contribution < 1.29 is 5.11 Å². The fourth-order valence-corrected chi connectivity index (χ4v) is 2.28. The molecule has 2 aromatic rings. The molecule has 106 valence electrons. The standard InChI is InChI=1S/C14H18N4OS/c1-14(9-19,10-6-4-3-5-7-10)18-12-8-11(15)16-13(17-12)20-2/h3-8,19H,9H2,1-2H3,(H3,15,16,17,18). The summed E-state index contributed by atoms with van der Waals surface area (Å²) in [5.74, 6) is 1.00. The molecule has 4 N–H and O–H groups in total. The van der Waals surface area contributed by atoms with Gasteiger partial charge in [-0.1, -0.05) is 42.1 Å². The first kappa shape index (κ1) is 14.6. The maximum absolute atomic E-state index is 9.75. The second-order valence-electron chi connectivity index (χ2n) is 4.65. The highest BCUT2D eigenvalue weighted by Crippen LogP contribution is 2.26. The molecule has 0 aliphatic rings. The van der Waals surface area contributed by atoms with E-state index in [2.05, 4.69) is 15.3 Å². The molecule has 1 atom stereocenters. The highest BCUT2D eigenvalue weighted by atomic mass is 32.2. The zero-order chi connectivity index (χ0) is 14.6. The number of thioether (sulfide) groups is 1. The Morgan fingerprint density at radius 3 is 2.60 bits per heavy atom. The van der Waals surface area contributed by atoms with Gasteiger partial charge in [0.25, 0.3) is 0 Å². The molecule has 0 amide bonds. The first-order valence-corrected chi connectivity index (χ1v) is 7.43. The number of benzene rings is 1. The van der Waals surface area contributed by atoms with Crippen LogP contribution in [0, 0.1) is 0 Å². The average Bonchev–Trinajstić information content (AvgIpc) is 2.47. The van der Waals surface area contributed by atoms with E-state index in [1.807, 2.05) is 43.5 Å². The molecule has 20 heavy (non-hydrogen) atoms. The fourth-order valence-electron chi connectivity index (χ4n) is 1.89. The smallest absolute Gasteiger partial charge is 0.191 e. The van der Waals surface area contributed by atoms with Crippen LogP contribution in [0.3, 0.4) is 0 Å². The largest absolute Gasteiger partial charge is 0.394 e. The summed E-state index contributed by atoms with van der Waals surface area (Å²) in [5.41, 5.74) is 6.12. The van der Waals surface area contributed by atoms with Gasteiger partial charge in [-0.15, -0.1) is 0 Å². The van der Waals surface area contributed by atoms with Crippen molar-refractivity contribution in [3.05, 3.63) is 42.0 Å². The summed E-state index contributed by atoms with van der Waals surface area (Å²) < 4.78 is 0. The third-order valence-corrected chi connectivity index (χ3v) is 3.59. The van der Waals surface area contributed by atoms with Gasteiger partial charge in [0.2, 0.25) is 0 Å². The second-order valence-corrected chi connectivity index (χ2v) is 5.42. The molecule has 0 saturated carbocycles. The van der Waals surface area contributed by atoms with E-state index in [4.69, 9.17) is 5.73 Å². The van der Waals surface area contributed by atoms with Crippen LogP contribution in [0.25, 0.3) is 0 Å². The molecule has 0 aliphatic heterocycles. The van der Waals surface area contributed by atoms with Crippen LogP contribution >= 0.6 is 11.8 Å². The van der Waals surface area contributed by atoms with E-state index in [-0.39, 0.29) is 6.61 Å². The monoisotopic (exact) mass is 290 g/mol. The molecule has 1 aromatic heterocycles. The van der Waals surface area contributed by atoms with Crippen molar-refractivity contribution in [1.82, 2.24) is 9.97 Å². The molecule has 0 saturated heterocycles. The Hall–Kier alpha value is -1.79. The van der Waals surface area contributed by atoms with Crippen LogP contribution in [0.5, 0.6) is 0 Å². The third kappa shape index (κ3) is 3.20. The van der Waals surface area contributed by atoms with E-state index in [1.54, 1.807) is 6.07 Å². The van der Waals surface area contributed by atoms with Crippen molar-refractivity contribution in [2.45, 2.75) is 17.6 Å². The molecule has 0 spiro atoms. The first-order chi connectivity index (χ1) is 9.57. The fraction of sp³-hybridized carbons (Fsp3) is 0.286. The summed E-state index contributed by atoms with van der Waals surface area (Å²) in [6.45, 7) is 1.86. The lowest BCUT2D eigenvalue weighted by Gasteiger charge is -2.30. The maximum atomic E-state index is 9.75. The molecule has 0 radical (unpaired) electrons. The van der Waals surface area contributed by atoms with Crippen molar-refractivity contribution in [1.29, 1.82) is 0 Å². The number of nitrogen functional groups attached to an aromatic ring is 1. The van der Waals surface area contributed by atoms with Gasteiger partial charge >= 0.3 is 0 Å². The van der Waals surface area contributed by atoms with Crippen molar-refractivity contribution >= 4 is 23.4 Å². The summed E-state index contributed by atoms with van der Waals surface area (Å²) in [6.07, 6.45) is 1.89. The van der Waals surface area contributed by atoms with Crippen LogP contribution in [0.1, 0.15) is 12.5 Å². The van der Waals surface area contributed by atoms with Crippen LogP contribution in [0.15, 0.2) is 41.6 Å². The summed E-state index contributed by atoms with van der Waals surface area (Å²) in [7, 11) is 0. The van der Waals surface area contributed by atoms with E-state index < -0.39 is 5.54 Å². The highest BCUT2D eigenvalue weighted by molar-refractivity contribution is 7.98. The van der Waals surface area contributed by atoms with Crippen LogP contribution in [-0.4, -0.2) is 27.9 Å². The van der Waals surface area contributed by atoms with Gasteiger partial charge in [-0.2, -0.15) is 0 Å². The number of nitrogens with zero attached hydrogens (tertiary/aromatic N) is 2. The molecular formula is C14H18N4OS. The molecule has 1 heterocycles. The van der Waals surface area contributed by atoms with Gasteiger partial charge in [0.1, 0.15) is 11.6 Å². The molecule has 0 aliphatic carbocycles. The minimum atomic E-state index is -0.627. The normalized spacial score (nSPS) is 13.8. The van der Waals surface area contributed by atoms with Crippen molar-refractivity contribution in [3.63, 3.8) is 0 Å². The number of hydrogen-bond acceptors (Lipinski definition) is 6. The molecule has 6 heteroatoms. The predicted molar refractivity (Wildman–Crippen MR) is 82.7 cm³/mol. The summed E-state index contributed by atoms with van der Waals surface area (Å²) >= 11 is 1.42. The van der Waals surface area contributed by atoms with Gasteiger partial charge in [-0.05, 0) is 18.7 Å².